The molecule has 0 aliphatic heterocycles. The molecule has 4 heteroatoms. The molecule has 0 aliphatic carbocycles. The molecule has 0 aliphatic rings. The van der Waals surface area contributed by atoms with E-state index in [9.17, 15) is 10.1 Å². The Labute approximate surface area is 95.1 Å². The SMILES string of the molecule is CC(C)=CCNc1ccc(C)cc1[N+](=O)[O-]. The Morgan fingerprint density at radius 1 is 1.50 bits per heavy atom. The molecule has 0 radical (unpaired) electrons. The molecule has 1 N–H and O–H groups in total. The van der Waals surface area contributed by atoms with Crippen LogP contribution in [0.3, 0.4) is 0 Å². The summed E-state index contributed by atoms with van der Waals surface area (Å²) >= 11 is 0. The number of rotatable bonds is 4. The van der Waals surface area contributed by atoms with E-state index in [1.165, 1.54) is 5.57 Å². The molecule has 1 aromatic carbocycles. The van der Waals surface area contributed by atoms with Gasteiger partial charge < -0.3 is 5.32 Å². The van der Waals surface area contributed by atoms with E-state index in [1.807, 2.05) is 32.9 Å². The largest absolute Gasteiger partial charge is 0.376 e. The monoisotopic (exact) mass is 220 g/mol. The number of anilines is 1. The maximum Gasteiger partial charge on any atom is 0.292 e. The maximum absolute atomic E-state index is 10.8. The van der Waals surface area contributed by atoms with Crippen LogP contribution in [0.15, 0.2) is 29.8 Å². The van der Waals surface area contributed by atoms with Crippen LogP contribution in [-0.2, 0) is 0 Å². The van der Waals surface area contributed by atoms with Crippen molar-refractivity contribution < 1.29 is 4.92 Å². The summed E-state index contributed by atoms with van der Waals surface area (Å²) in [6.45, 7) is 6.43. The van der Waals surface area contributed by atoms with Gasteiger partial charge in [0.1, 0.15) is 5.69 Å². The second-order valence-electron chi connectivity index (χ2n) is 3.94. The van der Waals surface area contributed by atoms with E-state index in [2.05, 4.69) is 5.32 Å². The first-order valence-electron chi connectivity index (χ1n) is 5.13. The van der Waals surface area contributed by atoms with E-state index in [-0.39, 0.29) is 10.6 Å². The molecule has 86 valence electrons. The minimum absolute atomic E-state index is 0.127. The van der Waals surface area contributed by atoms with Crippen molar-refractivity contribution >= 4 is 11.4 Å². The highest BCUT2D eigenvalue weighted by Gasteiger charge is 2.12. The molecular weight excluding hydrogens is 204 g/mol. The predicted molar refractivity (Wildman–Crippen MR) is 65.8 cm³/mol. The number of nitro groups is 1. The molecule has 0 spiro atoms. The van der Waals surface area contributed by atoms with Gasteiger partial charge in [0.25, 0.3) is 5.69 Å². The summed E-state index contributed by atoms with van der Waals surface area (Å²) in [5.74, 6) is 0. The summed E-state index contributed by atoms with van der Waals surface area (Å²) in [6.07, 6.45) is 1.99. The lowest BCUT2D eigenvalue weighted by Gasteiger charge is -2.05. The topological polar surface area (TPSA) is 55.2 Å². The summed E-state index contributed by atoms with van der Waals surface area (Å²) in [4.78, 5) is 10.5. The minimum Gasteiger partial charge on any atom is -0.376 e. The third-order valence-corrected chi connectivity index (χ3v) is 2.15. The predicted octanol–water partition coefficient (Wildman–Crippen LogP) is 3.28. The van der Waals surface area contributed by atoms with Crippen LogP contribution in [0.4, 0.5) is 11.4 Å². The van der Waals surface area contributed by atoms with Crippen LogP contribution >= 0.6 is 0 Å². The molecule has 0 fully saturated rings. The van der Waals surface area contributed by atoms with Gasteiger partial charge in [0.15, 0.2) is 0 Å². The number of aryl methyl sites for hydroxylation is 1. The maximum atomic E-state index is 10.8. The normalized spacial score (nSPS) is 9.69. The van der Waals surface area contributed by atoms with Gasteiger partial charge in [-0.1, -0.05) is 17.7 Å². The average molecular weight is 220 g/mol. The molecule has 0 saturated heterocycles. The van der Waals surface area contributed by atoms with E-state index < -0.39 is 0 Å². The zero-order valence-corrected chi connectivity index (χ0v) is 9.78. The lowest BCUT2D eigenvalue weighted by atomic mass is 10.2. The molecular formula is C12H16N2O2. The van der Waals surface area contributed by atoms with Crippen molar-refractivity contribution in [2.75, 3.05) is 11.9 Å². The van der Waals surface area contributed by atoms with Gasteiger partial charge in [0.2, 0.25) is 0 Å². The first-order chi connectivity index (χ1) is 7.50. The van der Waals surface area contributed by atoms with Crippen LogP contribution in [0.5, 0.6) is 0 Å². The number of benzene rings is 1. The molecule has 1 rings (SSSR count). The van der Waals surface area contributed by atoms with Gasteiger partial charge in [-0.3, -0.25) is 10.1 Å². The van der Waals surface area contributed by atoms with Crippen LogP contribution in [0.25, 0.3) is 0 Å². The van der Waals surface area contributed by atoms with Crippen molar-refractivity contribution in [2.24, 2.45) is 0 Å². The lowest BCUT2D eigenvalue weighted by Crippen LogP contribution is -2.02. The summed E-state index contributed by atoms with van der Waals surface area (Å²) in [5.41, 5.74) is 2.76. The smallest absolute Gasteiger partial charge is 0.292 e. The van der Waals surface area contributed by atoms with E-state index in [0.29, 0.717) is 12.2 Å². The molecule has 1 aromatic rings. The van der Waals surface area contributed by atoms with E-state index >= 15 is 0 Å². The van der Waals surface area contributed by atoms with Gasteiger partial charge in [-0.2, -0.15) is 0 Å². The van der Waals surface area contributed by atoms with Crippen molar-refractivity contribution in [2.45, 2.75) is 20.8 Å². The van der Waals surface area contributed by atoms with Crippen LogP contribution in [-0.4, -0.2) is 11.5 Å². The van der Waals surface area contributed by atoms with E-state index in [0.717, 1.165) is 5.56 Å². The molecule has 0 heterocycles. The van der Waals surface area contributed by atoms with Crippen molar-refractivity contribution in [3.05, 3.63) is 45.5 Å². The Bertz CT molecular complexity index is 421. The average Bonchev–Trinajstić information content (AvgIpc) is 2.19. The minimum atomic E-state index is -0.363. The summed E-state index contributed by atoms with van der Waals surface area (Å²) in [5, 5.41) is 13.9. The molecule has 0 unspecified atom stereocenters. The van der Waals surface area contributed by atoms with Gasteiger partial charge in [-0.05, 0) is 32.4 Å². The van der Waals surface area contributed by atoms with Crippen molar-refractivity contribution in [1.82, 2.24) is 0 Å². The van der Waals surface area contributed by atoms with E-state index in [1.54, 1.807) is 12.1 Å². The fourth-order valence-corrected chi connectivity index (χ4v) is 1.31. The van der Waals surface area contributed by atoms with Gasteiger partial charge in [-0.15, -0.1) is 0 Å². The highest BCUT2D eigenvalue weighted by atomic mass is 16.6. The summed E-state index contributed by atoms with van der Waals surface area (Å²) in [7, 11) is 0. The van der Waals surface area contributed by atoms with Crippen molar-refractivity contribution in [3.8, 4) is 0 Å². The van der Waals surface area contributed by atoms with Gasteiger partial charge >= 0.3 is 0 Å². The molecule has 16 heavy (non-hydrogen) atoms. The number of hydrogen-bond donors (Lipinski definition) is 1. The molecule has 4 nitrogen and oxygen atoms in total. The van der Waals surface area contributed by atoms with Crippen molar-refractivity contribution in [3.63, 3.8) is 0 Å². The summed E-state index contributed by atoms with van der Waals surface area (Å²) in [6, 6.07) is 5.18. The fraction of sp³-hybridized carbons (Fsp3) is 0.333. The summed E-state index contributed by atoms with van der Waals surface area (Å²) < 4.78 is 0. The van der Waals surface area contributed by atoms with Crippen molar-refractivity contribution in [1.29, 1.82) is 0 Å². The Morgan fingerprint density at radius 2 is 2.19 bits per heavy atom. The highest BCUT2D eigenvalue weighted by molar-refractivity contribution is 5.62. The van der Waals surface area contributed by atoms with Crippen LogP contribution < -0.4 is 5.32 Å². The molecule has 0 saturated carbocycles. The number of allylic oxidation sites excluding steroid dienone is 1. The van der Waals surface area contributed by atoms with E-state index in [4.69, 9.17) is 0 Å². The Morgan fingerprint density at radius 3 is 2.75 bits per heavy atom. The Hall–Kier alpha value is -1.84. The van der Waals surface area contributed by atoms with Crippen LogP contribution in [0.2, 0.25) is 0 Å². The Balaban J connectivity index is 2.87. The van der Waals surface area contributed by atoms with Gasteiger partial charge in [0.05, 0.1) is 4.92 Å². The molecule has 0 amide bonds. The van der Waals surface area contributed by atoms with Crippen LogP contribution in [0.1, 0.15) is 19.4 Å². The molecule has 0 aromatic heterocycles. The third-order valence-electron chi connectivity index (χ3n) is 2.15. The first kappa shape index (κ1) is 12.2. The lowest BCUT2D eigenvalue weighted by molar-refractivity contribution is -0.384. The molecule has 0 atom stereocenters. The number of nitrogens with one attached hydrogen (secondary N) is 1. The highest BCUT2D eigenvalue weighted by Crippen LogP contribution is 2.24. The fourth-order valence-electron chi connectivity index (χ4n) is 1.31. The molecule has 0 bridgehead atoms. The van der Waals surface area contributed by atoms with Gasteiger partial charge in [0, 0.05) is 12.6 Å². The number of hydrogen-bond acceptors (Lipinski definition) is 3. The number of nitrogens with zero attached hydrogens (tertiary/aromatic N) is 1. The standard InChI is InChI=1S/C12H16N2O2/c1-9(2)6-7-13-11-5-4-10(3)8-12(11)14(15)16/h4-6,8,13H,7H2,1-3H3. The zero-order valence-electron chi connectivity index (χ0n) is 9.78. The number of nitro benzene ring substituents is 1. The quantitative estimate of drug-likeness (QED) is 0.481. The second-order valence-corrected chi connectivity index (χ2v) is 3.94. The van der Waals surface area contributed by atoms with Gasteiger partial charge in [-0.25, -0.2) is 0 Å². The second kappa shape index (κ2) is 5.30. The zero-order chi connectivity index (χ0) is 12.1. The Kier molecular flexibility index (Phi) is 4.05. The first-order valence-corrected chi connectivity index (χ1v) is 5.13. The van der Waals surface area contributed by atoms with Crippen LogP contribution in [0, 0.1) is 17.0 Å². The third kappa shape index (κ3) is 3.38.